The maximum Gasteiger partial charge on any atom is 0.268 e. The Labute approximate surface area is 531 Å². The number of nitrogens with zero attached hydrogens (tertiary/aromatic N) is 4. The second-order valence-electron chi connectivity index (χ2n) is 21.5. The van der Waals surface area contributed by atoms with Crippen LogP contribution in [-0.2, 0) is 53.6 Å². The minimum absolute atomic E-state index is 0. The first-order chi connectivity index (χ1) is 52.0. The molecule has 7 aromatic carbocycles. The molecule has 0 N–H and O–H groups in total. The summed E-state index contributed by atoms with van der Waals surface area (Å²) in [5.74, 6) is 0.670. The Morgan fingerprint density at radius 1 is 0.590 bits per heavy atom. The van der Waals surface area contributed by atoms with E-state index in [0.29, 0.717) is 16.9 Å². The molecule has 78 heavy (non-hydrogen) atoms. The average molecular weight is 1240 g/mol. The van der Waals surface area contributed by atoms with Crippen molar-refractivity contribution in [2.75, 3.05) is 0 Å². The van der Waals surface area contributed by atoms with E-state index in [2.05, 4.69) is 39.2 Å². The van der Waals surface area contributed by atoms with Crippen LogP contribution in [0.1, 0.15) is 207 Å². The maximum atomic E-state index is 10.5. The van der Waals surface area contributed by atoms with Gasteiger partial charge in [0.1, 0.15) is 5.82 Å². The molecule has 0 saturated carbocycles. The van der Waals surface area contributed by atoms with Crippen LogP contribution in [0, 0.1) is 18.5 Å². The second-order valence-corrected chi connectivity index (χ2v) is 21.5. The summed E-state index contributed by atoms with van der Waals surface area (Å²) in [4.78, 5) is 4.76. The third kappa shape index (κ3) is 9.16. The zero-order chi connectivity index (χ0) is 86.6. The Morgan fingerprint density at radius 2 is 1.17 bits per heavy atom. The summed E-state index contributed by atoms with van der Waals surface area (Å²) < 4.78 is 365. The number of fused-ring (bicyclic) bond motifs is 6. The molecule has 0 saturated heterocycles. The summed E-state index contributed by atoms with van der Waals surface area (Å²) in [6, 6.07) is 22.9. The molecule has 400 valence electrons. The summed E-state index contributed by atoms with van der Waals surface area (Å²) >= 11 is 0. The molecule has 2 aliphatic rings. The van der Waals surface area contributed by atoms with Gasteiger partial charge >= 0.3 is 0 Å². The van der Waals surface area contributed by atoms with Crippen LogP contribution in [0.25, 0.3) is 72.3 Å². The van der Waals surface area contributed by atoms with Gasteiger partial charge in [0.15, 0.2) is 0 Å². The van der Waals surface area contributed by atoms with Crippen LogP contribution in [0.2, 0.25) is 0 Å². The molecule has 0 bridgehead atoms. The molecule has 0 aliphatic heterocycles. The zero-order valence-corrected chi connectivity index (χ0v) is 45.2. The fourth-order valence-electron chi connectivity index (χ4n) is 9.86. The third-order valence-electron chi connectivity index (χ3n) is 13.9. The fraction of sp³-hybridized carbons (Fsp3) is 0.333. The van der Waals surface area contributed by atoms with Gasteiger partial charge in [0.05, 0.1) is 24.9 Å². The number of hydrogen-bond donors (Lipinski definition) is 0. The Bertz CT molecular complexity index is 5430. The summed E-state index contributed by atoms with van der Waals surface area (Å²) in [5, 5.41) is 1.61. The summed E-state index contributed by atoms with van der Waals surface area (Å²) in [5.41, 5.74) is -30.1. The van der Waals surface area contributed by atoms with E-state index >= 15 is 0 Å². The van der Waals surface area contributed by atoms with Gasteiger partial charge in [0.2, 0.25) is 0 Å². The number of benzene rings is 7. The molecule has 2 aliphatic carbocycles. The van der Waals surface area contributed by atoms with Crippen molar-refractivity contribution in [1.29, 1.82) is 0 Å². The predicted octanol–water partition coefficient (Wildman–Crippen LogP) is 18.2. The molecule has 10 aromatic rings. The summed E-state index contributed by atoms with van der Waals surface area (Å²) in [7, 11) is 0. The van der Waals surface area contributed by atoms with Crippen LogP contribution in [-0.4, -0.2) is 14.1 Å². The Hall–Kier alpha value is -6.55. The topological polar surface area (TPSA) is 35.9 Å². The van der Waals surface area contributed by atoms with Crippen LogP contribution in [0.3, 0.4) is 0 Å². The fourth-order valence-corrected chi connectivity index (χ4v) is 9.86. The number of ether oxygens (including phenoxy) is 1. The minimum atomic E-state index is -4.86. The van der Waals surface area contributed by atoms with Crippen molar-refractivity contribution in [3.63, 3.8) is 0 Å². The van der Waals surface area contributed by atoms with E-state index in [-0.39, 0.29) is 54.7 Å². The Morgan fingerprint density at radius 3 is 1.78 bits per heavy atom. The Balaban J connectivity index is 0.0000132. The van der Waals surface area contributed by atoms with Gasteiger partial charge in [-0.05, 0) is 149 Å². The largest absolute Gasteiger partial charge is 0.510 e. The van der Waals surface area contributed by atoms with E-state index in [4.69, 9.17) is 42.6 Å². The number of imidazole rings is 1. The number of pyridine rings is 1. The molecule has 3 heterocycles. The molecule has 0 unspecified atom stereocenters. The van der Waals surface area contributed by atoms with Crippen molar-refractivity contribution in [2.45, 2.75) is 154 Å². The van der Waals surface area contributed by atoms with Crippen molar-refractivity contribution < 1.29 is 82.5 Å². The standard InChI is InChI=1S/C72H74N4O.Pt/c1-67(2,3)48-27-32-62-64(41-48)74(50-19-17-20-51(43-50)77-52-28-29-56-55-21-15-16-24-61(55)76(63(56)44-52)65-42-49(33-38-73-65)68(4,5)6)45-75(62)66-53(46-25-30-57-59(39-46)71(11,12)36-34-69(57,7)8)22-18-23-54(66)47-26-31-58-60(40-47)72(13,14)37-35-70(58,9)10;/h15-33,38-42H,34-37H2,1-14H3;/q-2;/i7D3,8D3,9D3,10D3,11D3,12D3,13D3,14D3,25D,26D,30D,31D,34D2,35D2,36D2,37D2,39D,40D;. The Kier molecular flexibility index (Phi) is 5.99. The van der Waals surface area contributed by atoms with Crippen molar-refractivity contribution >= 4 is 32.8 Å². The molecule has 0 spiro atoms. The van der Waals surface area contributed by atoms with Gasteiger partial charge < -0.3 is 13.9 Å². The number of aromatic nitrogens is 4. The molecule has 5 nitrogen and oxygen atoms in total. The van der Waals surface area contributed by atoms with E-state index in [1.165, 1.54) is 28.8 Å². The SMILES string of the molecule is [2H]c1c([2H])c2c(c([2H])c1-c1cccc(-c3c([2H])c([2H])c4c(c3[2H])C(C([2H])([2H])[2H])(C([2H])([2H])[2H])C([2H])([2H])C([2H])([2H])C4(C([2H])([2H])[2H])C([2H])([2H])[2H])c1-[n+]1[c-]n(-c3[c-]c(Oc4[c-]c5c(cc4)c4ccccc4n5-c4cc(C(C)(C)C)ccn4)ccc3)c3cc(C(C)(C)C)ccc31)C(C([2H])([2H])[2H])(C([2H])([2H])[2H])C([2H])([2H])C([2H])([2H])C2(C([2H])([2H])[2H])C([2H])([2H])[2H].[Pt]. The molecule has 12 rings (SSSR count). The number of hydrogen-bond acceptors (Lipinski definition) is 2. The average Bonchev–Trinajstić information content (AvgIpc) is 0.675. The molecule has 0 atom stereocenters. The molecule has 0 radical (unpaired) electrons. The molecular weight excluding hydrogens is 1130 g/mol. The molecule has 0 fully saturated rings. The summed E-state index contributed by atoms with van der Waals surface area (Å²) in [6.45, 7) is -24.8. The van der Waals surface area contributed by atoms with E-state index in [0.717, 1.165) is 44.6 Å². The molecule has 0 amide bonds. The maximum absolute atomic E-state index is 10.5. The third-order valence-corrected chi connectivity index (χ3v) is 13.9. The minimum Gasteiger partial charge on any atom is -0.510 e. The van der Waals surface area contributed by atoms with Gasteiger partial charge in [-0.25, -0.2) is 4.98 Å². The zero-order valence-electron chi connectivity index (χ0n) is 80.9. The van der Waals surface area contributed by atoms with Crippen LogP contribution < -0.4 is 9.30 Å². The van der Waals surface area contributed by atoms with Crippen molar-refractivity contribution in [1.82, 2.24) is 14.1 Å². The normalized spacial score (nSPS) is 27.5. The summed E-state index contributed by atoms with van der Waals surface area (Å²) in [6.07, 6.45) is -14.5. The van der Waals surface area contributed by atoms with Crippen LogP contribution >= 0.6 is 0 Å². The predicted molar refractivity (Wildman–Crippen MR) is 319 cm³/mol. The molecule has 6 heteroatoms. The smallest absolute Gasteiger partial charge is 0.268 e. The number of para-hydroxylation sites is 2. The van der Waals surface area contributed by atoms with Gasteiger partial charge in [0, 0.05) is 88.1 Å². The van der Waals surface area contributed by atoms with E-state index in [9.17, 15) is 19.2 Å². The first kappa shape index (κ1) is 24.9. The van der Waals surface area contributed by atoms with Crippen LogP contribution in [0.4, 0.5) is 0 Å². The van der Waals surface area contributed by atoms with Crippen molar-refractivity contribution in [3.05, 3.63) is 197 Å². The molecular formula is C72H74N4OPt-2. The van der Waals surface area contributed by atoms with Gasteiger partial charge in [-0.15, -0.1) is 29.7 Å². The first-order valence-electron chi connectivity index (χ1n) is 43.6. The van der Waals surface area contributed by atoms with Gasteiger partial charge in [0.25, 0.3) is 6.33 Å². The van der Waals surface area contributed by atoms with Crippen molar-refractivity contribution in [2.24, 2.45) is 0 Å². The van der Waals surface area contributed by atoms with Gasteiger partial charge in [-0.1, -0.05) is 187 Å². The van der Waals surface area contributed by atoms with Crippen LogP contribution in [0.5, 0.6) is 11.5 Å². The van der Waals surface area contributed by atoms with Crippen LogP contribution in [0.15, 0.2) is 146 Å². The number of rotatable bonds is 7. The van der Waals surface area contributed by atoms with E-state index in [1.54, 1.807) is 24.4 Å². The quantitative estimate of drug-likeness (QED) is 0.118. The van der Waals surface area contributed by atoms with Gasteiger partial charge in [-0.3, -0.25) is 4.57 Å². The van der Waals surface area contributed by atoms with Crippen molar-refractivity contribution in [3.8, 4) is 50.9 Å². The second kappa shape index (κ2) is 18.8. The monoisotopic (exact) mass is 1240 g/mol. The van der Waals surface area contributed by atoms with Gasteiger partial charge in [-0.2, -0.15) is 18.2 Å². The molecule has 3 aromatic heterocycles. The van der Waals surface area contributed by atoms with E-state index in [1.807, 2.05) is 67.8 Å². The van der Waals surface area contributed by atoms with E-state index < -0.39 is 194 Å². The first-order valence-corrected chi connectivity index (χ1v) is 24.6.